The van der Waals surface area contributed by atoms with Crippen molar-refractivity contribution >= 4 is 11.5 Å². The van der Waals surface area contributed by atoms with E-state index in [1.54, 1.807) is 6.20 Å². The predicted molar refractivity (Wildman–Crippen MR) is 108 cm³/mol. The van der Waals surface area contributed by atoms with Gasteiger partial charge >= 0.3 is 0 Å². The topological polar surface area (TPSA) is 55.1 Å². The van der Waals surface area contributed by atoms with E-state index in [4.69, 9.17) is 4.98 Å². The summed E-state index contributed by atoms with van der Waals surface area (Å²) in [6.45, 7) is 3.09. The number of imidazole rings is 1. The van der Waals surface area contributed by atoms with E-state index in [2.05, 4.69) is 52.7 Å². The first-order valence-electron chi connectivity index (χ1n) is 9.39. The van der Waals surface area contributed by atoms with Gasteiger partial charge < -0.3 is 5.32 Å². The molecule has 1 aliphatic rings. The van der Waals surface area contributed by atoms with Crippen LogP contribution in [0.15, 0.2) is 60.9 Å². The van der Waals surface area contributed by atoms with Gasteiger partial charge in [-0.25, -0.2) is 14.5 Å². The number of hydrogen-bond acceptors (Lipinski definition) is 4. The Morgan fingerprint density at radius 2 is 1.96 bits per heavy atom. The van der Waals surface area contributed by atoms with Crippen LogP contribution >= 0.6 is 0 Å². The molecule has 0 amide bonds. The second kappa shape index (κ2) is 6.50. The van der Waals surface area contributed by atoms with Crippen molar-refractivity contribution in [1.82, 2.24) is 19.6 Å². The molecule has 1 fully saturated rings. The minimum atomic E-state index is 0.802. The maximum absolute atomic E-state index is 4.87. The average molecular weight is 355 g/mol. The second-order valence-corrected chi connectivity index (χ2v) is 7.23. The summed E-state index contributed by atoms with van der Waals surface area (Å²) in [4.78, 5) is 9.36. The lowest BCUT2D eigenvalue weighted by atomic mass is 10.0. The number of aromatic nitrogens is 4. The van der Waals surface area contributed by atoms with Crippen LogP contribution in [-0.4, -0.2) is 26.1 Å². The van der Waals surface area contributed by atoms with E-state index in [1.807, 2.05) is 28.9 Å². The van der Waals surface area contributed by atoms with E-state index >= 15 is 0 Å². The molecule has 0 unspecified atom stereocenters. The van der Waals surface area contributed by atoms with Crippen LogP contribution in [0.5, 0.6) is 0 Å². The van der Waals surface area contributed by atoms with Gasteiger partial charge in [0.2, 0.25) is 0 Å². The zero-order valence-electron chi connectivity index (χ0n) is 15.3. The molecular weight excluding hydrogens is 334 g/mol. The third kappa shape index (κ3) is 3.16. The molecule has 0 spiro atoms. The Kier molecular flexibility index (Phi) is 3.85. The number of benzene rings is 1. The molecule has 1 aromatic carbocycles. The summed E-state index contributed by atoms with van der Waals surface area (Å²) in [6, 6.07) is 16.5. The van der Waals surface area contributed by atoms with Gasteiger partial charge in [0, 0.05) is 30.1 Å². The molecule has 0 aliphatic heterocycles. The highest BCUT2D eigenvalue weighted by atomic mass is 15.3. The number of fused-ring (bicyclic) bond motifs is 1. The Balaban J connectivity index is 1.65. The Morgan fingerprint density at radius 1 is 1.04 bits per heavy atom. The van der Waals surface area contributed by atoms with Crippen molar-refractivity contribution in [3.63, 3.8) is 0 Å². The molecule has 5 heteroatoms. The molecule has 5 rings (SSSR count). The van der Waals surface area contributed by atoms with Gasteiger partial charge in [-0.2, -0.15) is 5.10 Å². The van der Waals surface area contributed by atoms with Crippen molar-refractivity contribution in [2.24, 2.45) is 5.92 Å². The van der Waals surface area contributed by atoms with Crippen molar-refractivity contribution in [1.29, 1.82) is 0 Å². The third-order valence-corrected chi connectivity index (χ3v) is 4.99. The van der Waals surface area contributed by atoms with Gasteiger partial charge in [0.25, 0.3) is 0 Å². The van der Waals surface area contributed by atoms with Crippen molar-refractivity contribution < 1.29 is 0 Å². The van der Waals surface area contributed by atoms with Crippen LogP contribution < -0.4 is 5.32 Å². The Bertz CT molecular complexity index is 1110. The lowest BCUT2D eigenvalue weighted by molar-refractivity contribution is 0.883. The molecule has 3 aromatic heterocycles. The Morgan fingerprint density at radius 3 is 2.81 bits per heavy atom. The SMILES string of the molecule is Cc1cccc(-c2nc3cccnn3c2-c2ccnc(NCC3CC3)c2)c1. The van der Waals surface area contributed by atoms with Gasteiger partial charge in [-0.15, -0.1) is 0 Å². The molecule has 134 valence electrons. The molecule has 0 atom stereocenters. The van der Waals surface area contributed by atoms with E-state index in [9.17, 15) is 0 Å². The van der Waals surface area contributed by atoms with E-state index in [1.165, 1.54) is 18.4 Å². The number of rotatable bonds is 5. The van der Waals surface area contributed by atoms with Crippen LogP contribution in [0, 0.1) is 12.8 Å². The van der Waals surface area contributed by atoms with Crippen LogP contribution in [0.3, 0.4) is 0 Å². The minimum absolute atomic E-state index is 0.802. The molecule has 0 saturated heterocycles. The van der Waals surface area contributed by atoms with Crippen LogP contribution in [0.2, 0.25) is 0 Å². The molecule has 1 aliphatic carbocycles. The van der Waals surface area contributed by atoms with Crippen molar-refractivity contribution in [2.45, 2.75) is 19.8 Å². The fourth-order valence-electron chi connectivity index (χ4n) is 3.39. The summed E-state index contributed by atoms with van der Waals surface area (Å²) in [7, 11) is 0. The molecule has 27 heavy (non-hydrogen) atoms. The van der Waals surface area contributed by atoms with E-state index in [0.29, 0.717) is 0 Å². The predicted octanol–water partition coefficient (Wildman–Crippen LogP) is 4.59. The van der Waals surface area contributed by atoms with Crippen LogP contribution in [0.4, 0.5) is 5.82 Å². The highest BCUT2D eigenvalue weighted by Gasteiger charge is 2.21. The summed E-state index contributed by atoms with van der Waals surface area (Å²) < 4.78 is 1.91. The molecule has 3 heterocycles. The first kappa shape index (κ1) is 16.0. The summed E-state index contributed by atoms with van der Waals surface area (Å²) in [5.41, 5.74) is 6.15. The number of hydrogen-bond donors (Lipinski definition) is 1. The fourth-order valence-corrected chi connectivity index (χ4v) is 3.39. The molecule has 5 nitrogen and oxygen atoms in total. The number of nitrogens with zero attached hydrogens (tertiary/aromatic N) is 4. The smallest absolute Gasteiger partial charge is 0.154 e. The van der Waals surface area contributed by atoms with E-state index < -0.39 is 0 Å². The standard InChI is InChI=1S/C22H21N5/c1-15-4-2-5-17(12-15)21-22(27-20(26-21)6-3-10-25-27)18-9-11-23-19(13-18)24-14-16-7-8-16/h2-6,9-13,16H,7-8,14H2,1H3,(H,23,24). The van der Waals surface area contributed by atoms with Gasteiger partial charge in [0.05, 0.1) is 5.69 Å². The molecule has 4 aromatic rings. The molecular formula is C22H21N5. The molecule has 0 bridgehead atoms. The highest BCUT2D eigenvalue weighted by Crippen LogP contribution is 2.34. The van der Waals surface area contributed by atoms with Gasteiger partial charge in [-0.1, -0.05) is 23.8 Å². The minimum Gasteiger partial charge on any atom is -0.370 e. The summed E-state index contributed by atoms with van der Waals surface area (Å²) in [5, 5.41) is 8.02. The van der Waals surface area contributed by atoms with Crippen molar-refractivity contribution in [3.8, 4) is 22.5 Å². The van der Waals surface area contributed by atoms with Crippen LogP contribution in [0.25, 0.3) is 28.2 Å². The monoisotopic (exact) mass is 355 g/mol. The van der Waals surface area contributed by atoms with Crippen molar-refractivity contribution in [2.75, 3.05) is 11.9 Å². The zero-order chi connectivity index (χ0) is 18.2. The van der Waals surface area contributed by atoms with Gasteiger partial charge in [-0.05, 0) is 56.0 Å². The summed E-state index contributed by atoms with van der Waals surface area (Å²) >= 11 is 0. The average Bonchev–Trinajstić information content (AvgIpc) is 3.44. The Labute approximate surface area is 158 Å². The number of nitrogens with one attached hydrogen (secondary N) is 1. The van der Waals surface area contributed by atoms with Gasteiger partial charge in [0.1, 0.15) is 11.5 Å². The third-order valence-electron chi connectivity index (χ3n) is 4.99. The maximum Gasteiger partial charge on any atom is 0.154 e. The summed E-state index contributed by atoms with van der Waals surface area (Å²) in [6.07, 6.45) is 6.29. The largest absolute Gasteiger partial charge is 0.370 e. The highest BCUT2D eigenvalue weighted by molar-refractivity contribution is 5.82. The normalized spacial score (nSPS) is 13.8. The zero-order valence-corrected chi connectivity index (χ0v) is 15.3. The molecule has 1 saturated carbocycles. The number of anilines is 1. The lowest BCUT2D eigenvalue weighted by Crippen LogP contribution is -2.05. The van der Waals surface area contributed by atoms with Crippen molar-refractivity contribution in [3.05, 3.63) is 66.5 Å². The van der Waals surface area contributed by atoms with E-state index in [-0.39, 0.29) is 0 Å². The van der Waals surface area contributed by atoms with Crippen LogP contribution in [0.1, 0.15) is 18.4 Å². The molecule has 0 radical (unpaired) electrons. The maximum atomic E-state index is 4.87. The number of aryl methyl sites for hydroxylation is 1. The van der Waals surface area contributed by atoms with Gasteiger partial charge in [0.15, 0.2) is 5.65 Å². The van der Waals surface area contributed by atoms with E-state index in [0.717, 1.165) is 46.4 Å². The number of pyridine rings is 1. The first-order valence-corrected chi connectivity index (χ1v) is 9.39. The second-order valence-electron chi connectivity index (χ2n) is 7.23. The fraction of sp³-hybridized carbons (Fsp3) is 0.227. The van der Waals surface area contributed by atoms with Crippen LogP contribution in [-0.2, 0) is 0 Å². The quantitative estimate of drug-likeness (QED) is 0.569. The summed E-state index contributed by atoms with van der Waals surface area (Å²) in [5.74, 6) is 1.70. The lowest BCUT2D eigenvalue weighted by Gasteiger charge is -2.09. The van der Waals surface area contributed by atoms with Gasteiger partial charge in [-0.3, -0.25) is 0 Å². The molecule has 1 N–H and O–H groups in total. The Hall–Kier alpha value is -3.21. The first-order chi connectivity index (χ1) is 13.3.